The Balaban J connectivity index is 1.57. The van der Waals surface area contributed by atoms with Gasteiger partial charge in [0.25, 0.3) is 11.5 Å². The predicted molar refractivity (Wildman–Crippen MR) is 88.8 cm³/mol. The average molecular weight is 323 g/mol. The number of benzene rings is 1. The van der Waals surface area contributed by atoms with Gasteiger partial charge in [0, 0.05) is 26.2 Å². The molecule has 0 spiro atoms. The van der Waals surface area contributed by atoms with E-state index in [4.69, 9.17) is 0 Å². The molecule has 1 aromatic carbocycles. The lowest BCUT2D eigenvalue weighted by atomic mass is 10.2. The zero-order valence-electron chi connectivity index (χ0n) is 13.3. The first-order chi connectivity index (χ1) is 11.6. The number of aromatic nitrogens is 4. The molecular weight excluding hydrogens is 306 g/mol. The quantitative estimate of drug-likeness (QED) is 0.711. The summed E-state index contributed by atoms with van der Waals surface area (Å²) in [6.07, 6.45) is 2.71. The summed E-state index contributed by atoms with van der Waals surface area (Å²) in [4.78, 5) is 30.2. The van der Waals surface area contributed by atoms with E-state index in [1.807, 2.05) is 30.6 Å². The number of imidazole rings is 1. The van der Waals surface area contributed by atoms with Crippen LogP contribution in [0.3, 0.4) is 0 Å². The third-order valence-corrected chi connectivity index (χ3v) is 4.50. The van der Waals surface area contributed by atoms with Crippen molar-refractivity contribution >= 4 is 16.9 Å². The van der Waals surface area contributed by atoms with Crippen molar-refractivity contribution < 1.29 is 4.79 Å². The van der Waals surface area contributed by atoms with E-state index in [2.05, 4.69) is 14.6 Å². The molecule has 1 aliphatic heterocycles. The molecule has 7 nitrogen and oxygen atoms in total. The van der Waals surface area contributed by atoms with Gasteiger partial charge >= 0.3 is 0 Å². The van der Waals surface area contributed by atoms with E-state index in [0.717, 1.165) is 17.5 Å². The normalized spacial score (nSPS) is 17.5. The van der Waals surface area contributed by atoms with Crippen molar-refractivity contribution in [2.45, 2.75) is 12.5 Å². The molecule has 3 heterocycles. The molecular formula is C17H17N5O2. The number of fused-ring (bicyclic) bond motifs is 1. The molecule has 7 heteroatoms. The van der Waals surface area contributed by atoms with Gasteiger partial charge in [-0.1, -0.05) is 12.1 Å². The zero-order chi connectivity index (χ0) is 16.7. The Bertz CT molecular complexity index is 974. The van der Waals surface area contributed by atoms with Gasteiger partial charge in [-0.15, -0.1) is 0 Å². The van der Waals surface area contributed by atoms with Crippen LogP contribution in [-0.2, 0) is 7.05 Å². The molecule has 122 valence electrons. The van der Waals surface area contributed by atoms with E-state index in [1.54, 1.807) is 11.9 Å². The zero-order valence-corrected chi connectivity index (χ0v) is 13.3. The second-order valence-electron chi connectivity index (χ2n) is 6.01. The van der Waals surface area contributed by atoms with Crippen LogP contribution in [0.1, 0.15) is 23.0 Å². The molecule has 1 fully saturated rings. The summed E-state index contributed by atoms with van der Waals surface area (Å²) in [7, 11) is 1.55. The first-order valence-corrected chi connectivity index (χ1v) is 7.89. The molecule has 0 N–H and O–H groups in total. The van der Waals surface area contributed by atoms with Crippen molar-refractivity contribution in [1.82, 2.24) is 24.2 Å². The van der Waals surface area contributed by atoms with Crippen LogP contribution >= 0.6 is 0 Å². The van der Waals surface area contributed by atoms with Gasteiger partial charge in [-0.05, 0) is 24.6 Å². The van der Waals surface area contributed by atoms with E-state index in [0.29, 0.717) is 18.8 Å². The fourth-order valence-electron chi connectivity index (χ4n) is 3.20. The van der Waals surface area contributed by atoms with E-state index < -0.39 is 0 Å². The highest BCUT2D eigenvalue weighted by atomic mass is 16.2. The maximum Gasteiger partial charge on any atom is 0.274 e. The minimum Gasteiger partial charge on any atom is -0.335 e. The van der Waals surface area contributed by atoms with Crippen molar-refractivity contribution in [3.05, 3.63) is 58.8 Å². The Morgan fingerprint density at radius 1 is 1.21 bits per heavy atom. The summed E-state index contributed by atoms with van der Waals surface area (Å²) in [5.41, 5.74) is 2.11. The van der Waals surface area contributed by atoms with Crippen LogP contribution in [0.2, 0.25) is 0 Å². The lowest BCUT2D eigenvalue weighted by Gasteiger charge is -2.17. The van der Waals surface area contributed by atoms with Crippen LogP contribution < -0.4 is 5.56 Å². The number of likely N-dealkylation sites (tertiary alicyclic amines) is 1. The summed E-state index contributed by atoms with van der Waals surface area (Å²) in [5.74, 6) is -0.141. The molecule has 1 atom stereocenters. The highest BCUT2D eigenvalue weighted by Gasteiger charge is 2.29. The van der Waals surface area contributed by atoms with Gasteiger partial charge in [-0.25, -0.2) is 9.67 Å². The molecule has 4 rings (SSSR count). The van der Waals surface area contributed by atoms with Crippen molar-refractivity contribution in [2.75, 3.05) is 13.1 Å². The van der Waals surface area contributed by atoms with Crippen LogP contribution in [0.15, 0.2) is 47.5 Å². The number of para-hydroxylation sites is 2. The van der Waals surface area contributed by atoms with Crippen LogP contribution in [-0.4, -0.2) is 43.2 Å². The monoisotopic (exact) mass is 323 g/mol. The first kappa shape index (κ1) is 14.6. The molecule has 3 aromatic rings. The third kappa shape index (κ3) is 2.38. The van der Waals surface area contributed by atoms with E-state index in [-0.39, 0.29) is 17.5 Å². The first-order valence-electron chi connectivity index (χ1n) is 7.89. The average Bonchev–Trinajstić information content (AvgIpc) is 3.23. The summed E-state index contributed by atoms with van der Waals surface area (Å²) in [5, 5.41) is 4.05. The number of hydrogen-bond donors (Lipinski definition) is 0. The topological polar surface area (TPSA) is 73.0 Å². The van der Waals surface area contributed by atoms with E-state index in [1.165, 1.54) is 16.8 Å². The summed E-state index contributed by atoms with van der Waals surface area (Å²) < 4.78 is 3.32. The molecule has 24 heavy (non-hydrogen) atoms. The fraction of sp³-hybridized carbons (Fsp3) is 0.294. The molecule has 1 aliphatic rings. The standard InChI is InChI=1S/C17H17N5O2/c1-20-16(23)7-6-14(19-20)17(24)21-9-8-12(10-21)22-11-18-13-4-2-3-5-15(13)22/h2-7,11-12H,8-10H2,1H3/t12-/m1/s1. The molecule has 0 saturated carbocycles. The largest absolute Gasteiger partial charge is 0.335 e. The Hall–Kier alpha value is -2.96. The summed E-state index contributed by atoms with van der Waals surface area (Å²) >= 11 is 0. The molecule has 0 bridgehead atoms. The second-order valence-corrected chi connectivity index (χ2v) is 6.01. The molecule has 0 aliphatic carbocycles. The number of rotatable bonds is 2. The van der Waals surface area contributed by atoms with Gasteiger partial charge in [0.2, 0.25) is 0 Å². The van der Waals surface area contributed by atoms with Gasteiger partial charge in [0.05, 0.1) is 23.4 Å². The van der Waals surface area contributed by atoms with Gasteiger partial charge in [0.15, 0.2) is 0 Å². The number of nitrogens with zero attached hydrogens (tertiary/aromatic N) is 5. The number of carbonyl (C=O) groups is 1. The minimum atomic E-state index is -0.226. The van der Waals surface area contributed by atoms with E-state index >= 15 is 0 Å². The highest BCUT2D eigenvalue weighted by Crippen LogP contribution is 2.26. The van der Waals surface area contributed by atoms with Crippen molar-refractivity contribution in [1.29, 1.82) is 0 Å². The predicted octanol–water partition coefficient (Wildman–Crippen LogP) is 1.22. The summed E-state index contributed by atoms with van der Waals surface area (Å²) in [6, 6.07) is 11.1. The van der Waals surface area contributed by atoms with Gasteiger partial charge in [0.1, 0.15) is 5.69 Å². The number of carbonyl (C=O) groups excluding carboxylic acids is 1. The van der Waals surface area contributed by atoms with Gasteiger partial charge in [-0.2, -0.15) is 5.10 Å². The van der Waals surface area contributed by atoms with Gasteiger partial charge < -0.3 is 9.47 Å². The molecule has 1 saturated heterocycles. The van der Waals surface area contributed by atoms with E-state index in [9.17, 15) is 9.59 Å². The Morgan fingerprint density at radius 3 is 2.88 bits per heavy atom. The molecule has 1 amide bonds. The van der Waals surface area contributed by atoms with Gasteiger partial charge in [-0.3, -0.25) is 9.59 Å². The fourth-order valence-corrected chi connectivity index (χ4v) is 3.20. The number of aryl methyl sites for hydroxylation is 1. The Morgan fingerprint density at radius 2 is 2.04 bits per heavy atom. The van der Waals surface area contributed by atoms with Crippen molar-refractivity contribution in [3.8, 4) is 0 Å². The lowest BCUT2D eigenvalue weighted by molar-refractivity contribution is 0.0779. The smallest absolute Gasteiger partial charge is 0.274 e. The molecule has 2 aromatic heterocycles. The molecule has 0 unspecified atom stereocenters. The molecule has 0 radical (unpaired) electrons. The summed E-state index contributed by atoms with van der Waals surface area (Å²) in [6.45, 7) is 1.28. The van der Waals surface area contributed by atoms with Crippen LogP contribution in [0.4, 0.5) is 0 Å². The lowest BCUT2D eigenvalue weighted by Crippen LogP contribution is -2.32. The number of hydrogen-bond acceptors (Lipinski definition) is 4. The SMILES string of the molecule is Cn1nc(C(=O)N2CC[C@@H](n3cnc4ccccc43)C2)ccc1=O. The second kappa shape index (κ2) is 5.59. The van der Waals surface area contributed by atoms with Crippen LogP contribution in [0.5, 0.6) is 0 Å². The minimum absolute atomic E-state index is 0.141. The third-order valence-electron chi connectivity index (χ3n) is 4.50. The number of amides is 1. The van der Waals surface area contributed by atoms with Crippen LogP contribution in [0, 0.1) is 0 Å². The maximum atomic E-state index is 12.6. The van der Waals surface area contributed by atoms with Crippen LogP contribution in [0.25, 0.3) is 11.0 Å². The van der Waals surface area contributed by atoms with Crippen molar-refractivity contribution in [2.24, 2.45) is 7.05 Å². The Kier molecular flexibility index (Phi) is 3.41. The maximum absolute atomic E-state index is 12.6. The Labute approximate surface area is 138 Å². The highest BCUT2D eigenvalue weighted by molar-refractivity contribution is 5.92. The van der Waals surface area contributed by atoms with Crippen molar-refractivity contribution in [3.63, 3.8) is 0 Å².